The zero-order valence-corrected chi connectivity index (χ0v) is 13.2. The van der Waals surface area contributed by atoms with Gasteiger partial charge < -0.3 is 0 Å². The number of carbonyl (C=O) groups excluding carboxylic acids is 1. The van der Waals surface area contributed by atoms with Gasteiger partial charge in [-0.1, -0.05) is 54.6 Å². The highest BCUT2D eigenvalue weighted by Gasteiger charge is 2.17. The first kappa shape index (κ1) is 15.0. The van der Waals surface area contributed by atoms with Gasteiger partial charge in [0.1, 0.15) is 0 Å². The topological polar surface area (TPSA) is 34.9 Å². The molecule has 0 unspecified atom stereocenters. The number of nitrogens with zero attached hydrogens (tertiary/aromatic N) is 2. The van der Waals surface area contributed by atoms with Gasteiger partial charge in [0.25, 0.3) is 0 Å². The van der Waals surface area contributed by atoms with Crippen LogP contribution in [-0.2, 0) is 0 Å². The van der Waals surface area contributed by atoms with Crippen molar-refractivity contribution >= 4 is 11.9 Å². The molecule has 0 aliphatic carbocycles. The van der Waals surface area contributed by atoms with E-state index in [9.17, 15) is 4.79 Å². The van der Waals surface area contributed by atoms with Crippen molar-refractivity contribution in [1.29, 1.82) is 0 Å². The first-order valence-corrected chi connectivity index (χ1v) is 7.56. The molecule has 0 amide bonds. The van der Waals surface area contributed by atoms with E-state index >= 15 is 0 Å². The van der Waals surface area contributed by atoms with Gasteiger partial charge in [0, 0.05) is 0 Å². The Bertz CT molecular complexity index is 846. The first-order chi connectivity index (χ1) is 11.2. The van der Waals surface area contributed by atoms with Gasteiger partial charge in [0.05, 0.1) is 22.6 Å². The number of rotatable bonds is 4. The van der Waals surface area contributed by atoms with Gasteiger partial charge in [-0.25, -0.2) is 4.68 Å². The third-order valence-electron chi connectivity index (χ3n) is 3.77. The SMILES string of the molecule is Cc1nn(-c2ccccc2)c(C)c1C(=O)/C=C\c1ccccc1. The molecule has 1 aromatic heterocycles. The third-order valence-corrected chi connectivity index (χ3v) is 3.77. The monoisotopic (exact) mass is 302 g/mol. The van der Waals surface area contributed by atoms with Crippen LogP contribution in [0.15, 0.2) is 66.7 Å². The normalized spacial score (nSPS) is 11.0. The Kier molecular flexibility index (Phi) is 4.20. The van der Waals surface area contributed by atoms with Crippen molar-refractivity contribution in [2.45, 2.75) is 13.8 Å². The van der Waals surface area contributed by atoms with Crippen molar-refractivity contribution < 1.29 is 4.79 Å². The molecule has 23 heavy (non-hydrogen) atoms. The smallest absolute Gasteiger partial charge is 0.189 e. The molecule has 0 saturated carbocycles. The number of hydrogen-bond donors (Lipinski definition) is 0. The summed E-state index contributed by atoms with van der Waals surface area (Å²) in [5.74, 6) is -0.0222. The summed E-state index contributed by atoms with van der Waals surface area (Å²) in [5.41, 5.74) is 4.23. The molecule has 2 aromatic carbocycles. The van der Waals surface area contributed by atoms with E-state index in [0.29, 0.717) is 5.56 Å². The van der Waals surface area contributed by atoms with Crippen LogP contribution in [0.1, 0.15) is 27.3 Å². The van der Waals surface area contributed by atoms with E-state index in [0.717, 1.165) is 22.6 Å². The van der Waals surface area contributed by atoms with Crippen LogP contribution >= 0.6 is 0 Å². The number of aromatic nitrogens is 2. The number of ketones is 1. The fraction of sp³-hybridized carbons (Fsp3) is 0.100. The molecule has 0 aliphatic rings. The van der Waals surface area contributed by atoms with E-state index in [4.69, 9.17) is 0 Å². The van der Waals surface area contributed by atoms with Gasteiger partial charge in [-0.15, -0.1) is 0 Å². The largest absolute Gasteiger partial charge is 0.289 e. The molecular formula is C20H18N2O. The van der Waals surface area contributed by atoms with E-state index in [1.807, 2.05) is 85.3 Å². The van der Waals surface area contributed by atoms with Crippen LogP contribution in [0.5, 0.6) is 0 Å². The Labute approximate surface area is 135 Å². The van der Waals surface area contributed by atoms with Crippen LogP contribution in [-0.4, -0.2) is 15.6 Å². The van der Waals surface area contributed by atoms with Gasteiger partial charge in [0.15, 0.2) is 5.78 Å². The number of carbonyl (C=O) groups is 1. The summed E-state index contributed by atoms with van der Waals surface area (Å²) in [7, 11) is 0. The van der Waals surface area contributed by atoms with Gasteiger partial charge in [-0.2, -0.15) is 5.10 Å². The molecule has 0 fully saturated rings. The van der Waals surface area contributed by atoms with E-state index in [2.05, 4.69) is 5.10 Å². The Hall–Kier alpha value is -2.94. The van der Waals surface area contributed by atoms with E-state index < -0.39 is 0 Å². The van der Waals surface area contributed by atoms with Crippen molar-refractivity contribution in [2.24, 2.45) is 0 Å². The number of aryl methyl sites for hydroxylation is 1. The van der Waals surface area contributed by atoms with Crippen LogP contribution < -0.4 is 0 Å². The molecule has 1 heterocycles. The lowest BCUT2D eigenvalue weighted by atomic mass is 10.1. The Balaban J connectivity index is 1.93. The molecule has 0 radical (unpaired) electrons. The highest BCUT2D eigenvalue weighted by Crippen LogP contribution is 2.19. The quantitative estimate of drug-likeness (QED) is 0.529. The Morgan fingerprint density at radius 1 is 0.957 bits per heavy atom. The Morgan fingerprint density at radius 2 is 1.57 bits per heavy atom. The maximum Gasteiger partial charge on any atom is 0.189 e. The molecule has 0 saturated heterocycles. The molecule has 3 rings (SSSR count). The summed E-state index contributed by atoms with van der Waals surface area (Å²) in [6.07, 6.45) is 3.45. The second-order valence-electron chi connectivity index (χ2n) is 5.40. The fourth-order valence-corrected chi connectivity index (χ4v) is 2.64. The summed E-state index contributed by atoms with van der Waals surface area (Å²) in [6, 6.07) is 19.6. The molecule has 0 N–H and O–H groups in total. The molecule has 0 bridgehead atoms. The van der Waals surface area contributed by atoms with Crippen LogP contribution in [0.2, 0.25) is 0 Å². The lowest BCUT2D eigenvalue weighted by molar-refractivity contribution is 0.104. The second kappa shape index (κ2) is 6.44. The average Bonchev–Trinajstić information content (AvgIpc) is 2.89. The summed E-state index contributed by atoms with van der Waals surface area (Å²) in [6.45, 7) is 3.80. The minimum Gasteiger partial charge on any atom is -0.289 e. The predicted molar refractivity (Wildman–Crippen MR) is 92.8 cm³/mol. The molecule has 3 heteroatoms. The highest BCUT2D eigenvalue weighted by molar-refractivity contribution is 6.08. The fourth-order valence-electron chi connectivity index (χ4n) is 2.64. The zero-order valence-electron chi connectivity index (χ0n) is 13.2. The van der Waals surface area contributed by atoms with Crippen LogP contribution in [0.25, 0.3) is 11.8 Å². The van der Waals surface area contributed by atoms with Gasteiger partial charge in [-0.3, -0.25) is 4.79 Å². The summed E-state index contributed by atoms with van der Waals surface area (Å²) >= 11 is 0. The number of benzene rings is 2. The van der Waals surface area contributed by atoms with Crippen molar-refractivity contribution in [3.05, 3.63) is 89.3 Å². The Morgan fingerprint density at radius 3 is 2.22 bits per heavy atom. The molecular weight excluding hydrogens is 284 g/mol. The first-order valence-electron chi connectivity index (χ1n) is 7.56. The minimum absolute atomic E-state index is 0.0222. The van der Waals surface area contributed by atoms with Crippen molar-refractivity contribution in [1.82, 2.24) is 9.78 Å². The minimum atomic E-state index is -0.0222. The van der Waals surface area contributed by atoms with E-state index in [1.165, 1.54) is 0 Å². The van der Waals surface area contributed by atoms with Gasteiger partial charge in [-0.05, 0) is 37.6 Å². The van der Waals surface area contributed by atoms with E-state index in [1.54, 1.807) is 6.08 Å². The molecule has 0 aliphatic heterocycles. The maximum absolute atomic E-state index is 12.6. The van der Waals surface area contributed by atoms with Crippen LogP contribution in [0.4, 0.5) is 0 Å². The third kappa shape index (κ3) is 3.14. The van der Waals surface area contributed by atoms with Crippen molar-refractivity contribution in [3.8, 4) is 5.69 Å². The average molecular weight is 302 g/mol. The number of allylic oxidation sites excluding steroid dienone is 1. The standard InChI is InChI=1S/C20H18N2O/c1-15-20(19(23)14-13-17-9-5-3-6-10-17)16(2)22(21-15)18-11-7-4-8-12-18/h3-14H,1-2H3/b14-13-. The summed E-state index contributed by atoms with van der Waals surface area (Å²) in [5, 5.41) is 4.52. The van der Waals surface area contributed by atoms with Gasteiger partial charge >= 0.3 is 0 Å². The predicted octanol–water partition coefficient (Wildman–Crippen LogP) is 4.39. The molecule has 3 nitrogen and oxygen atoms in total. The van der Waals surface area contributed by atoms with Gasteiger partial charge in [0.2, 0.25) is 0 Å². The van der Waals surface area contributed by atoms with E-state index in [-0.39, 0.29) is 5.78 Å². The molecule has 0 spiro atoms. The molecule has 114 valence electrons. The highest BCUT2D eigenvalue weighted by atomic mass is 16.1. The second-order valence-corrected chi connectivity index (χ2v) is 5.40. The number of hydrogen-bond acceptors (Lipinski definition) is 2. The lowest BCUT2D eigenvalue weighted by Gasteiger charge is -2.03. The number of para-hydroxylation sites is 1. The summed E-state index contributed by atoms with van der Waals surface area (Å²) in [4.78, 5) is 12.6. The lowest BCUT2D eigenvalue weighted by Crippen LogP contribution is -2.01. The molecule has 0 atom stereocenters. The van der Waals surface area contributed by atoms with Crippen LogP contribution in [0, 0.1) is 13.8 Å². The van der Waals surface area contributed by atoms with Crippen molar-refractivity contribution in [3.63, 3.8) is 0 Å². The summed E-state index contributed by atoms with van der Waals surface area (Å²) < 4.78 is 1.82. The maximum atomic E-state index is 12.6. The van der Waals surface area contributed by atoms with Crippen LogP contribution in [0.3, 0.4) is 0 Å². The zero-order chi connectivity index (χ0) is 16.2. The molecule has 3 aromatic rings. The van der Waals surface area contributed by atoms with Crippen molar-refractivity contribution in [2.75, 3.05) is 0 Å².